The van der Waals surface area contributed by atoms with E-state index in [4.69, 9.17) is 0 Å². The smallest absolute Gasteiger partial charge is 0.192 e. The lowest BCUT2D eigenvalue weighted by Gasteiger charge is -2.23. The second-order valence-electron chi connectivity index (χ2n) is 8.11. The molecular formula is C21H24FN3O3S2. The van der Waals surface area contributed by atoms with E-state index in [9.17, 15) is 17.0 Å². The summed E-state index contributed by atoms with van der Waals surface area (Å²) in [6.45, 7) is 7.40. The van der Waals surface area contributed by atoms with Crippen molar-refractivity contribution in [2.75, 3.05) is 6.26 Å². The predicted octanol–water partition coefficient (Wildman–Crippen LogP) is 3.95. The Bertz CT molecular complexity index is 1240. The van der Waals surface area contributed by atoms with Gasteiger partial charge in [0.2, 0.25) is 0 Å². The second-order valence-corrected chi connectivity index (χ2v) is 12.1. The van der Waals surface area contributed by atoms with Crippen LogP contribution in [0.25, 0.3) is 22.2 Å². The predicted molar refractivity (Wildman–Crippen MR) is 117 cm³/mol. The lowest BCUT2D eigenvalue weighted by molar-refractivity contribution is 0.598. The molecule has 160 valence electrons. The molecule has 0 aliphatic heterocycles. The molecule has 3 aromatic rings. The minimum atomic E-state index is -3.51. The van der Waals surface area contributed by atoms with Crippen LogP contribution in [0, 0.1) is 5.82 Å². The van der Waals surface area contributed by atoms with Gasteiger partial charge in [0.05, 0.1) is 38.7 Å². The minimum absolute atomic E-state index is 0.0656. The van der Waals surface area contributed by atoms with Crippen LogP contribution in [-0.2, 0) is 20.8 Å². The molecule has 30 heavy (non-hydrogen) atoms. The summed E-state index contributed by atoms with van der Waals surface area (Å²) in [5.41, 5.74) is 2.06. The van der Waals surface area contributed by atoms with E-state index in [2.05, 4.69) is 14.7 Å². The maximum Gasteiger partial charge on any atom is 0.192 e. The van der Waals surface area contributed by atoms with Crippen molar-refractivity contribution in [2.45, 2.75) is 43.5 Å². The Morgan fingerprint density at radius 3 is 2.43 bits per heavy atom. The molecule has 0 radical (unpaired) electrons. The van der Waals surface area contributed by atoms with Gasteiger partial charge in [-0.1, -0.05) is 6.07 Å². The number of fused-ring (bicyclic) bond motifs is 1. The molecule has 0 fully saturated rings. The number of hydrogen-bond donors (Lipinski definition) is 1. The van der Waals surface area contributed by atoms with Gasteiger partial charge in [-0.15, -0.1) is 0 Å². The molecule has 0 saturated heterocycles. The molecular weight excluding hydrogens is 425 g/mol. The van der Waals surface area contributed by atoms with Crippen molar-refractivity contribution in [1.82, 2.24) is 14.7 Å². The summed E-state index contributed by atoms with van der Waals surface area (Å²) in [6, 6.07) is 10.3. The quantitative estimate of drug-likeness (QED) is 0.637. The standard InChI is InChI=1S/C21H24FN3O3S2/c1-13(25-29(26)21(2,3)4)20-16(12-14-11-15(22)9-10-17(14)24-20)18-7-6-8-19(23-18)30(5,27)28/h6-13,25H,1-5H3/t13-,29?/m0/s1. The second kappa shape index (κ2) is 8.13. The van der Waals surface area contributed by atoms with Crippen molar-refractivity contribution in [3.63, 3.8) is 0 Å². The third kappa shape index (κ3) is 4.91. The zero-order chi connectivity index (χ0) is 22.3. The number of benzene rings is 1. The Balaban J connectivity index is 2.21. The molecule has 6 nitrogen and oxygen atoms in total. The summed E-state index contributed by atoms with van der Waals surface area (Å²) in [4.78, 5) is 8.96. The minimum Gasteiger partial charge on any atom is -0.250 e. The number of pyridine rings is 2. The molecule has 0 saturated carbocycles. The highest BCUT2D eigenvalue weighted by molar-refractivity contribution is 7.90. The summed E-state index contributed by atoms with van der Waals surface area (Å²) in [6.07, 6.45) is 1.09. The normalized spacial score (nSPS) is 14.6. The van der Waals surface area contributed by atoms with Crippen LogP contribution in [0.4, 0.5) is 4.39 Å². The van der Waals surface area contributed by atoms with Crippen LogP contribution in [0.2, 0.25) is 0 Å². The average molecular weight is 450 g/mol. The third-order valence-corrected chi connectivity index (χ3v) is 7.10. The van der Waals surface area contributed by atoms with Crippen LogP contribution in [0.3, 0.4) is 0 Å². The summed E-state index contributed by atoms with van der Waals surface area (Å²) >= 11 is 0. The van der Waals surface area contributed by atoms with Gasteiger partial charge in [0.25, 0.3) is 0 Å². The first kappa shape index (κ1) is 22.5. The Kier molecular flexibility index (Phi) is 6.08. The van der Waals surface area contributed by atoms with Crippen LogP contribution in [0.5, 0.6) is 0 Å². The highest BCUT2D eigenvalue weighted by Gasteiger charge is 2.24. The Hall–Kier alpha value is -2.23. The first-order valence-electron chi connectivity index (χ1n) is 9.32. The number of nitrogens with one attached hydrogen (secondary N) is 1. The molecule has 9 heteroatoms. The van der Waals surface area contributed by atoms with Gasteiger partial charge in [0, 0.05) is 17.2 Å². The molecule has 0 spiro atoms. The molecule has 1 unspecified atom stereocenters. The van der Waals surface area contributed by atoms with Gasteiger partial charge >= 0.3 is 0 Å². The summed E-state index contributed by atoms with van der Waals surface area (Å²) < 4.78 is 52.9. The van der Waals surface area contributed by atoms with Crippen molar-refractivity contribution in [3.8, 4) is 11.3 Å². The average Bonchev–Trinajstić information content (AvgIpc) is 2.65. The SMILES string of the molecule is C[C@H](NS(=O)C(C)(C)C)c1nc2ccc(F)cc2cc1-c1cccc(S(C)(=O)=O)n1. The van der Waals surface area contributed by atoms with E-state index < -0.39 is 37.4 Å². The van der Waals surface area contributed by atoms with Crippen molar-refractivity contribution in [3.05, 3.63) is 54.0 Å². The van der Waals surface area contributed by atoms with E-state index in [-0.39, 0.29) is 5.03 Å². The van der Waals surface area contributed by atoms with Crippen LogP contribution >= 0.6 is 0 Å². The molecule has 0 aliphatic rings. The number of hydrogen-bond acceptors (Lipinski definition) is 5. The fourth-order valence-electron chi connectivity index (χ4n) is 2.86. The van der Waals surface area contributed by atoms with E-state index in [1.54, 1.807) is 24.3 Å². The molecule has 2 heterocycles. The van der Waals surface area contributed by atoms with Gasteiger partial charge in [-0.25, -0.2) is 26.7 Å². The number of aromatic nitrogens is 2. The van der Waals surface area contributed by atoms with Crippen molar-refractivity contribution in [2.24, 2.45) is 0 Å². The third-order valence-electron chi connectivity index (χ3n) is 4.44. The molecule has 0 bridgehead atoms. The summed E-state index contributed by atoms with van der Waals surface area (Å²) in [7, 11) is -4.86. The lowest BCUT2D eigenvalue weighted by atomic mass is 10.0. The molecule has 1 N–H and O–H groups in total. The first-order chi connectivity index (χ1) is 13.9. The van der Waals surface area contributed by atoms with Gasteiger partial charge in [-0.05, 0) is 64.1 Å². The van der Waals surface area contributed by atoms with E-state index in [1.807, 2.05) is 27.7 Å². The Morgan fingerprint density at radius 2 is 1.80 bits per heavy atom. The van der Waals surface area contributed by atoms with Gasteiger partial charge in [0.1, 0.15) is 5.82 Å². The fourth-order valence-corrected chi connectivity index (χ4v) is 4.24. The van der Waals surface area contributed by atoms with Crippen LogP contribution in [-0.4, -0.2) is 33.6 Å². The number of nitrogens with zero attached hydrogens (tertiary/aromatic N) is 2. The number of sulfone groups is 1. The molecule has 2 aromatic heterocycles. The van der Waals surface area contributed by atoms with Crippen molar-refractivity contribution >= 4 is 31.7 Å². The molecule has 0 aliphatic carbocycles. The Labute approximate surface area is 178 Å². The van der Waals surface area contributed by atoms with E-state index >= 15 is 0 Å². The van der Waals surface area contributed by atoms with Crippen LogP contribution < -0.4 is 4.72 Å². The molecule has 2 atom stereocenters. The fraction of sp³-hybridized carbons (Fsp3) is 0.333. The Morgan fingerprint density at radius 1 is 1.10 bits per heavy atom. The zero-order valence-corrected chi connectivity index (χ0v) is 19.1. The summed E-state index contributed by atoms with van der Waals surface area (Å²) in [5, 5.41) is 0.494. The highest BCUT2D eigenvalue weighted by atomic mass is 32.2. The van der Waals surface area contributed by atoms with Gasteiger partial charge < -0.3 is 0 Å². The zero-order valence-electron chi connectivity index (χ0n) is 17.4. The highest BCUT2D eigenvalue weighted by Crippen LogP contribution is 2.31. The molecule has 1 aromatic carbocycles. The van der Waals surface area contributed by atoms with E-state index in [0.717, 1.165) is 6.26 Å². The van der Waals surface area contributed by atoms with Gasteiger partial charge in [-0.2, -0.15) is 0 Å². The van der Waals surface area contributed by atoms with Crippen molar-refractivity contribution in [1.29, 1.82) is 0 Å². The summed E-state index contributed by atoms with van der Waals surface area (Å²) in [5.74, 6) is -0.402. The van der Waals surface area contributed by atoms with E-state index in [0.29, 0.717) is 27.9 Å². The van der Waals surface area contributed by atoms with E-state index in [1.165, 1.54) is 18.2 Å². The number of halogens is 1. The van der Waals surface area contributed by atoms with Crippen molar-refractivity contribution < 1.29 is 17.0 Å². The maximum absolute atomic E-state index is 13.8. The maximum atomic E-state index is 13.8. The lowest BCUT2D eigenvalue weighted by Crippen LogP contribution is -2.35. The molecule has 0 amide bonds. The van der Waals surface area contributed by atoms with Crippen LogP contribution in [0.1, 0.15) is 39.4 Å². The molecule has 3 rings (SSSR count). The topological polar surface area (TPSA) is 89.0 Å². The first-order valence-corrected chi connectivity index (χ1v) is 12.4. The van der Waals surface area contributed by atoms with Gasteiger partial charge in [0.15, 0.2) is 14.9 Å². The largest absolute Gasteiger partial charge is 0.250 e. The van der Waals surface area contributed by atoms with Crippen LogP contribution in [0.15, 0.2) is 47.5 Å². The number of rotatable bonds is 5. The monoisotopic (exact) mass is 449 g/mol. The van der Waals surface area contributed by atoms with Gasteiger partial charge in [-0.3, -0.25) is 4.98 Å².